The molecule has 1 aliphatic rings. The van der Waals surface area contributed by atoms with Crippen LogP contribution in [0.2, 0.25) is 0 Å². The quantitative estimate of drug-likeness (QED) is 0.864. The maximum atomic E-state index is 8.85. The van der Waals surface area contributed by atoms with Crippen molar-refractivity contribution >= 4 is 5.82 Å². The molecule has 0 fully saturated rings. The van der Waals surface area contributed by atoms with E-state index in [-0.39, 0.29) is 0 Å². The van der Waals surface area contributed by atoms with Crippen LogP contribution in [0, 0.1) is 11.3 Å². The van der Waals surface area contributed by atoms with Crippen LogP contribution in [0.4, 0.5) is 5.82 Å². The van der Waals surface area contributed by atoms with Crippen molar-refractivity contribution in [3.05, 3.63) is 41.9 Å². The number of pyridine rings is 1. The van der Waals surface area contributed by atoms with Gasteiger partial charge in [0.2, 0.25) is 0 Å². The first-order chi connectivity index (χ1) is 8.85. The highest BCUT2D eigenvalue weighted by molar-refractivity contribution is 5.43. The summed E-state index contributed by atoms with van der Waals surface area (Å²) >= 11 is 0. The van der Waals surface area contributed by atoms with Crippen molar-refractivity contribution in [2.45, 2.75) is 25.4 Å². The Hall–Kier alpha value is -2.35. The summed E-state index contributed by atoms with van der Waals surface area (Å²) in [4.78, 5) is 4.24. The van der Waals surface area contributed by atoms with Crippen LogP contribution in [0.15, 0.2) is 30.6 Å². The van der Waals surface area contributed by atoms with Crippen LogP contribution in [0.1, 0.15) is 17.7 Å². The minimum atomic E-state index is 0.357. The third-order valence-electron chi connectivity index (χ3n) is 3.19. The molecule has 1 N–H and O–H groups in total. The predicted octanol–water partition coefficient (Wildman–Crippen LogP) is 1.58. The molecular formula is C13H13N5. The van der Waals surface area contributed by atoms with Gasteiger partial charge in [0.05, 0.1) is 11.6 Å². The van der Waals surface area contributed by atoms with Crippen LogP contribution in [0.5, 0.6) is 0 Å². The van der Waals surface area contributed by atoms with Gasteiger partial charge in [-0.3, -0.25) is 4.68 Å². The van der Waals surface area contributed by atoms with Gasteiger partial charge >= 0.3 is 0 Å². The molecule has 0 bridgehead atoms. The Morgan fingerprint density at radius 3 is 3.22 bits per heavy atom. The maximum absolute atomic E-state index is 8.85. The molecule has 3 rings (SSSR count). The Morgan fingerprint density at radius 2 is 2.33 bits per heavy atom. The molecule has 0 amide bonds. The highest BCUT2D eigenvalue weighted by atomic mass is 15.3. The van der Waals surface area contributed by atoms with Crippen molar-refractivity contribution in [2.75, 3.05) is 5.32 Å². The lowest BCUT2D eigenvalue weighted by atomic mass is 10.0. The Labute approximate surface area is 105 Å². The molecule has 0 saturated carbocycles. The zero-order valence-electron chi connectivity index (χ0n) is 9.87. The van der Waals surface area contributed by atoms with Crippen molar-refractivity contribution in [1.82, 2.24) is 14.8 Å². The summed E-state index contributed by atoms with van der Waals surface area (Å²) in [6.45, 7) is 0.929. The van der Waals surface area contributed by atoms with Crippen molar-refractivity contribution in [3.8, 4) is 6.07 Å². The summed E-state index contributed by atoms with van der Waals surface area (Å²) < 4.78 is 2.04. The third-order valence-corrected chi connectivity index (χ3v) is 3.19. The van der Waals surface area contributed by atoms with Crippen LogP contribution in [0.3, 0.4) is 0 Å². The van der Waals surface area contributed by atoms with Gasteiger partial charge < -0.3 is 5.32 Å². The summed E-state index contributed by atoms with van der Waals surface area (Å²) in [5.74, 6) is 0.770. The van der Waals surface area contributed by atoms with Gasteiger partial charge in [-0.05, 0) is 24.6 Å². The Balaban J connectivity index is 1.73. The molecule has 1 atom stereocenters. The van der Waals surface area contributed by atoms with E-state index in [1.165, 1.54) is 5.69 Å². The molecule has 0 saturated heterocycles. The van der Waals surface area contributed by atoms with E-state index in [0.717, 1.165) is 25.2 Å². The molecule has 1 aliphatic heterocycles. The number of nitriles is 1. The van der Waals surface area contributed by atoms with Gasteiger partial charge in [0, 0.05) is 37.1 Å². The van der Waals surface area contributed by atoms with Crippen LogP contribution in [0.25, 0.3) is 0 Å². The highest BCUT2D eigenvalue weighted by Crippen LogP contribution is 2.17. The van der Waals surface area contributed by atoms with E-state index in [1.54, 1.807) is 18.3 Å². The van der Waals surface area contributed by atoms with E-state index in [4.69, 9.17) is 5.26 Å². The van der Waals surface area contributed by atoms with Crippen molar-refractivity contribution in [2.24, 2.45) is 0 Å². The second kappa shape index (κ2) is 4.49. The second-order valence-electron chi connectivity index (χ2n) is 4.42. The Bertz CT molecular complexity index is 595. The number of rotatable bonds is 2. The maximum Gasteiger partial charge on any atom is 0.127 e. The lowest BCUT2D eigenvalue weighted by Gasteiger charge is -2.24. The number of fused-ring (bicyclic) bond motifs is 1. The van der Waals surface area contributed by atoms with E-state index < -0.39 is 0 Å². The number of nitrogens with one attached hydrogen (secondary N) is 1. The normalized spacial score (nSPS) is 17.8. The van der Waals surface area contributed by atoms with E-state index in [9.17, 15) is 0 Å². The fraction of sp³-hybridized carbons (Fsp3) is 0.308. The lowest BCUT2D eigenvalue weighted by molar-refractivity contribution is 0.455. The molecule has 18 heavy (non-hydrogen) atoms. The van der Waals surface area contributed by atoms with Gasteiger partial charge in [-0.25, -0.2) is 4.98 Å². The zero-order valence-corrected chi connectivity index (χ0v) is 9.87. The van der Waals surface area contributed by atoms with Crippen molar-refractivity contribution < 1.29 is 0 Å². The number of hydrogen-bond donors (Lipinski definition) is 1. The minimum Gasteiger partial charge on any atom is -0.367 e. The monoisotopic (exact) mass is 239 g/mol. The first-order valence-electron chi connectivity index (χ1n) is 5.98. The van der Waals surface area contributed by atoms with E-state index in [2.05, 4.69) is 21.5 Å². The summed E-state index contributed by atoms with van der Waals surface area (Å²) in [6.07, 6.45) is 5.46. The third kappa shape index (κ3) is 2.05. The summed E-state index contributed by atoms with van der Waals surface area (Å²) in [5, 5.41) is 16.5. The van der Waals surface area contributed by atoms with Crippen LogP contribution in [-0.4, -0.2) is 20.8 Å². The molecule has 5 heteroatoms. The molecule has 5 nitrogen and oxygen atoms in total. The summed E-state index contributed by atoms with van der Waals surface area (Å²) in [7, 11) is 0. The molecule has 2 aromatic heterocycles. The van der Waals surface area contributed by atoms with Gasteiger partial charge in [-0.1, -0.05) is 0 Å². The number of aromatic nitrogens is 3. The largest absolute Gasteiger partial charge is 0.367 e. The number of nitrogens with zero attached hydrogens (tertiary/aromatic N) is 4. The van der Waals surface area contributed by atoms with E-state index in [0.29, 0.717) is 11.6 Å². The number of anilines is 1. The predicted molar refractivity (Wildman–Crippen MR) is 66.9 cm³/mol. The van der Waals surface area contributed by atoms with Gasteiger partial charge in [-0.2, -0.15) is 10.4 Å². The first-order valence-corrected chi connectivity index (χ1v) is 5.98. The molecular weight excluding hydrogens is 226 g/mol. The van der Waals surface area contributed by atoms with E-state index >= 15 is 0 Å². The SMILES string of the molecule is N#Cc1ccnc(NC2CCn3nccc3C2)c1. The van der Waals surface area contributed by atoms with Crippen molar-refractivity contribution in [3.63, 3.8) is 0 Å². The molecule has 0 spiro atoms. The Morgan fingerprint density at radius 1 is 1.39 bits per heavy atom. The Kier molecular flexibility index (Phi) is 2.69. The van der Waals surface area contributed by atoms with Crippen LogP contribution in [-0.2, 0) is 13.0 Å². The van der Waals surface area contributed by atoms with Gasteiger partial charge in [-0.15, -0.1) is 0 Å². The zero-order chi connectivity index (χ0) is 12.4. The van der Waals surface area contributed by atoms with Gasteiger partial charge in [0.25, 0.3) is 0 Å². The fourth-order valence-electron chi connectivity index (χ4n) is 2.28. The average Bonchev–Trinajstić information content (AvgIpc) is 2.86. The van der Waals surface area contributed by atoms with Gasteiger partial charge in [0.15, 0.2) is 0 Å². The summed E-state index contributed by atoms with van der Waals surface area (Å²) in [6, 6.07) is 8.02. The molecule has 2 aromatic rings. The van der Waals surface area contributed by atoms with Gasteiger partial charge in [0.1, 0.15) is 5.82 Å². The first kappa shape index (κ1) is 10.8. The lowest BCUT2D eigenvalue weighted by Crippen LogP contribution is -2.30. The molecule has 1 unspecified atom stereocenters. The molecule has 0 aromatic carbocycles. The summed E-state index contributed by atoms with van der Waals surface area (Å²) in [5.41, 5.74) is 1.88. The topological polar surface area (TPSA) is 66.5 Å². The number of aryl methyl sites for hydroxylation is 1. The number of hydrogen-bond acceptors (Lipinski definition) is 4. The second-order valence-corrected chi connectivity index (χ2v) is 4.42. The fourth-order valence-corrected chi connectivity index (χ4v) is 2.28. The molecule has 0 radical (unpaired) electrons. The minimum absolute atomic E-state index is 0.357. The van der Waals surface area contributed by atoms with Crippen molar-refractivity contribution in [1.29, 1.82) is 5.26 Å². The highest BCUT2D eigenvalue weighted by Gasteiger charge is 2.18. The molecule has 90 valence electrons. The standard InChI is InChI=1S/C13H13N5/c14-9-10-1-4-15-13(7-10)17-11-3-6-18-12(8-11)2-5-16-18/h1-2,4-5,7,11H,3,6,8H2,(H,15,17). The molecule has 0 aliphatic carbocycles. The smallest absolute Gasteiger partial charge is 0.127 e. The average molecular weight is 239 g/mol. The molecule has 3 heterocycles. The van der Waals surface area contributed by atoms with E-state index in [1.807, 2.05) is 16.9 Å². The van der Waals surface area contributed by atoms with Crippen LogP contribution >= 0.6 is 0 Å². The van der Waals surface area contributed by atoms with Crippen LogP contribution < -0.4 is 5.32 Å².